The molecule has 0 aliphatic carbocycles. The van der Waals surface area contributed by atoms with E-state index in [1.54, 1.807) is 27.9 Å². The molecule has 0 bridgehead atoms. The van der Waals surface area contributed by atoms with Crippen LogP contribution in [-0.4, -0.2) is 56.9 Å². The fourth-order valence-corrected chi connectivity index (χ4v) is 3.86. The van der Waals surface area contributed by atoms with Crippen molar-refractivity contribution >= 4 is 28.6 Å². The number of hydrogen-bond donors (Lipinski definition) is 1. The lowest BCUT2D eigenvalue weighted by molar-refractivity contribution is 0.208. The predicted molar refractivity (Wildman–Crippen MR) is 121 cm³/mol. The number of aryl methyl sites for hydroxylation is 1. The zero-order chi connectivity index (χ0) is 22.1. The molecule has 0 atom stereocenters. The van der Waals surface area contributed by atoms with Gasteiger partial charge in [-0.1, -0.05) is 18.2 Å². The van der Waals surface area contributed by atoms with Crippen LogP contribution < -0.4 is 10.2 Å². The topological polar surface area (TPSA) is 79.2 Å². The average molecular weight is 431 g/mol. The Kier molecular flexibility index (Phi) is 5.14. The lowest BCUT2D eigenvalue weighted by Crippen LogP contribution is -2.50. The molecule has 32 heavy (non-hydrogen) atoms. The molecule has 9 heteroatoms. The number of carbonyl (C=O) groups is 1. The number of para-hydroxylation sites is 1. The Morgan fingerprint density at radius 1 is 0.969 bits per heavy atom. The number of nitrogens with one attached hydrogen (secondary N) is 1. The lowest BCUT2D eigenvalue weighted by Gasteiger charge is -2.35. The molecule has 3 heterocycles. The number of urea groups is 1. The van der Waals surface area contributed by atoms with Crippen LogP contribution in [0, 0.1) is 12.7 Å². The summed E-state index contributed by atoms with van der Waals surface area (Å²) in [5.41, 5.74) is 2.18. The molecule has 4 aromatic rings. The van der Waals surface area contributed by atoms with Crippen molar-refractivity contribution in [2.75, 3.05) is 36.4 Å². The van der Waals surface area contributed by atoms with E-state index in [1.165, 1.54) is 12.1 Å². The van der Waals surface area contributed by atoms with Gasteiger partial charge in [0.2, 0.25) is 0 Å². The number of halogens is 1. The zero-order valence-electron chi connectivity index (χ0n) is 17.6. The molecular weight excluding hydrogens is 409 g/mol. The van der Waals surface area contributed by atoms with E-state index in [-0.39, 0.29) is 11.8 Å². The van der Waals surface area contributed by atoms with Gasteiger partial charge in [-0.15, -0.1) is 0 Å². The second kappa shape index (κ2) is 8.26. The number of nitrogens with zero attached hydrogens (tertiary/aromatic N) is 6. The van der Waals surface area contributed by atoms with Crippen molar-refractivity contribution in [3.63, 3.8) is 0 Å². The van der Waals surface area contributed by atoms with Crippen LogP contribution in [0.4, 0.5) is 20.7 Å². The summed E-state index contributed by atoms with van der Waals surface area (Å²) in [5.74, 6) is 1.12. The molecule has 5 rings (SSSR count). The minimum atomic E-state index is -0.300. The first-order valence-electron chi connectivity index (χ1n) is 10.4. The fourth-order valence-electron chi connectivity index (χ4n) is 3.86. The third-order valence-electron chi connectivity index (χ3n) is 5.48. The Hall–Kier alpha value is -4.01. The van der Waals surface area contributed by atoms with Crippen molar-refractivity contribution in [1.82, 2.24) is 24.6 Å². The van der Waals surface area contributed by atoms with E-state index >= 15 is 0 Å². The maximum atomic E-state index is 13.3. The van der Waals surface area contributed by atoms with Crippen molar-refractivity contribution in [2.45, 2.75) is 6.92 Å². The number of benzene rings is 2. The fraction of sp³-hybridized carbons (Fsp3) is 0.217. The Morgan fingerprint density at radius 2 is 1.69 bits per heavy atom. The van der Waals surface area contributed by atoms with E-state index in [9.17, 15) is 9.18 Å². The summed E-state index contributed by atoms with van der Waals surface area (Å²) >= 11 is 0. The highest BCUT2D eigenvalue weighted by Crippen LogP contribution is 2.26. The summed E-state index contributed by atoms with van der Waals surface area (Å²) in [7, 11) is 0. The van der Waals surface area contributed by atoms with Gasteiger partial charge in [0.25, 0.3) is 0 Å². The van der Waals surface area contributed by atoms with Crippen molar-refractivity contribution in [1.29, 1.82) is 0 Å². The highest BCUT2D eigenvalue weighted by molar-refractivity contribution is 5.90. The van der Waals surface area contributed by atoms with Crippen LogP contribution in [0.2, 0.25) is 0 Å². The second-order valence-electron chi connectivity index (χ2n) is 7.63. The van der Waals surface area contributed by atoms with Crippen molar-refractivity contribution < 1.29 is 9.18 Å². The summed E-state index contributed by atoms with van der Waals surface area (Å²) < 4.78 is 15.0. The van der Waals surface area contributed by atoms with Gasteiger partial charge in [0.1, 0.15) is 17.5 Å². The van der Waals surface area contributed by atoms with E-state index in [4.69, 9.17) is 0 Å². The Morgan fingerprint density at radius 3 is 2.41 bits per heavy atom. The molecule has 2 aromatic carbocycles. The van der Waals surface area contributed by atoms with Gasteiger partial charge in [-0.25, -0.2) is 23.8 Å². The first-order valence-corrected chi connectivity index (χ1v) is 10.4. The monoisotopic (exact) mass is 431 g/mol. The summed E-state index contributed by atoms with van der Waals surface area (Å²) in [4.78, 5) is 25.8. The Bertz CT molecular complexity index is 1250. The SMILES string of the molecule is Cc1nc(N2CCN(C(=O)Nc3ccccc3)CC2)c2cnn(-c3ccc(F)cc3)c2n1. The zero-order valence-corrected chi connectivity index (χ0v) is 17.6. The van der Waals surface area contributed by atoms with Gasteiger partial charge in [-0.05, 0) is 43.3 Å². The third-order valence-corrected chi connectivity index (χ3v) is 5.48. The van der Waals surface area contributed by atoms with E-state index in [0.29, 0.717) is 37.7 Å². The minimum Gasteiger partial charge on any atom is -0.352 e. The Labute approximate surface area is 184 Å². The number of amides is 2. The van der Waals surface area contributed by atoms with Gasteiger partial charge in [0.05, 0.1) is 17.3 Å². The van der Waals surface area contributed by atoms with Gasteiger partial charge < -0.3 is 15.1 Å². The highest BCUT2D eigenvalue weighted by Gasteiger charge is 2.25. The van der Waals surface area contributed by atoms with Gasteiger partial charge in [-0.2, -0.15) is 5.10 Å². The number of carbonyl (C=O) groups excluding carboxylic acids is 1. The molecule has 1 aliphatic rings. The molecule has 162 valence electrons. The molecule has 2 aromatic heterocycles. The number of fused-ring (bicyclic) bond motifs is 1. The van der Waals surface area contributed by atoms with E-state index < -0.39 is 0 Å². The van der Waals surface area contributed by atoms with Crippen LogP contribution in [-0.2, 0) is 0 Å². The average Bonchev–Trinajstić information content (AvgIpc) is 3.23. The molecule has 0 unspecified atom stereocenters. The summed E-state index contributed by atoms with van der Waals surface area (Å²) in [6.45, 7) is 4.30. The highest BCUT2D eigenvalue weighted by atomic mass is 19.1. The lowest BCUT2D eigenvalue weighted by atomic mass is 10.2. The van der Waals surface area contributed by atoms with E-state index in [2.05, 4.69) is 25.3 Å². The Balaban J connectivity index is 1.35. The normalized spacial score (nSPS) is 14.1. The molecule has 1 aliphatic heterocycles. The summed E-state index contributed by atoms with van der Waals surface area (Å²) in [6.07, 6.45) is 1.74. The molecule has 8 nitrogen and oxygen atoms in total. The van der Waals surface area contributed by atoms with Crippen LogP contribution in [0.3, 0.4) is 0 Å². The van der Waals surface area contributed by atoms with Gasteiger partial charge >= 0.3 is 6.03 Å². The number of rotatable bonds is 3. The maximum absolute atomic E-state index is 13.3. The quantitative estimate of drug-likeness (QED) is 0.536. The predicted octanol–water partition coefficient (Wildman–Crippen LogP) is 3.62. The van der Waals surface area contributed by atoms with E-state index in [0.717, 1.165) is 22.6 Å². The largest absolute Gasteiger partial charge is 0.352 e. The summed E-state index contributed by atoms with van der Waals surface area (Å²) in [6, 6.07) is 15.5. The third kappa shape index (κ3) is 3.84. The number of hydrogen-bond acceptors (Lipinski definition) is 5. The van der Waals surface area contributed by atoms with Crippen LogP contribution in [0.25, 0.3) is 16.7 Å². The van der Waals surface area contributed by atoms with Gasteiger partial charge in [0.15, 0.2) is 5.65 Å². The van der Waals surface area contributed by atoms with Gasteiger partial charge in [-0.3, -0.25) is 0 Å². The molecule has 1 N–H and O–H groups in total. The standard InChI is InChI=1S/C23H22FN7O/c1-16-26-21(20-15-25-31(22(20)27-16)19-9-7-17(24)8-10-19)29-11-13-30(14-12-29)23(32)28-18-5-3-2-4-6-18/h2-10,15H,11-14H2,1H3,(H,28,32). The first kappa shape index (κ1) is 19.9. The van der Waals surface area contributed by atoms with Crippen molar-refractivity contribution in [3.05, 3.63) is 72.4 Å². The van der Waals surface area contributed by atoms with Crippen molar-refractivity contribution in [2.24, 2.45) is 0 Å². The minimum absolute atomic E-state index is 0.107. The molecular formula is C23H22FN7O. The van der Waals surface area contributed by atoms with Crippen LogP contribution >= 0.6 is 0 Å². The maximum Gasteiger partial charge on any atom is 0.321 e. The molecule has 1 saturated heterocycles. The molecule has 2 amide bonds. The summed E-state index contributed by atoms with van der Waals surface area (Å²) in [5, 5.41) is 8.23. The van der Waals surface area contributed by atoms with Crippen LogP contribution in [0.5, 0.6) is 0 Å². The second-order valence-corrected chi connectivity index (χ2v) is 7.63. The molecule has 0 spiro atoms. The molecule has 1 fully saturated rings. The molecule has 0 saturated carbocycles. The van der Waals surface area contributed by atoms with Crippen LogP contribution in [0.15, 0.2) is 60.8 Å². The molecule has 0 radical (unpaired) electrons. The van der Waals surface area contributed by atoms with Gasteiger partial charge in [0, 0.05) is 31.9 Å². The van der Waals surface area contributed by atoms with E-state index in [1.807, 2.05) is 37.3 Å². The number of anilines is 2. The van der Waals surface area contributed by atoms with Crippen molar-refractivity contribution in [3.8, 4) is 5.69 Å². The smallest absolute Gasteiger partial charge is 0.321 e. The first-order chi connectivity index (χ1) is 15.6. The van der Waals surface area contributed by atoms with Crippen LogP contribution in [0.1, 0.15) is 5.82 Å². The number of piperazine rings is 1. The number of aromatic nitrogens is 4.